The first-order chi connectivity index (χ1) is 12.9. The summed E-state index contributed by atoms with van der Waals surface area (Å²) in [5.41, 5.74) is 10.5. The Morgan fingerprint density at radius 1 is 1.30 bits per heavy atom. The van der Waals surface area contributed by atoms with Crippen LogP contribution in [0.3, 0.4) is 0 Å². The topological polar surface area (TPSA) is 140 Å². The van der Waals surface area contributed by atoms with E-state index in [-0.39, 0.29) is 35.8 Å². The molecule has 1 atom stereocenters. The summed E-state index contributed by atoms with van der Waals surface area (Å²) >= 11 is 0. The first-order valence-corrected chi connectivity index (χ1v) is 8.47. The van der Waals surface area contributed by atoms with Crippen molar-refractivity contribution in [3.8, 4) is 6.07 Å². The van der Waals surface area contributed by atoms with Crippen molar-refractivity contribution in [2.45, 2.75) is 24.7 Å². The van der Waals surface area contributed by atoms with Crippen LogP contribution in [0.25, 0.3) is 0 Å². The summed E-state index contributed by atoms with van der Waals surface area (Å²) in [6, 6.07) is 8.69. The lowest BCUT2D eigenvalue weighted by atomic mass is 9.65. The number of hydrogen-bond donors (Lipinski definition) is 2. The number of amides is 2. The van der Waals surface area contributed by atoms with Gasteiger partial charge in [-0.25, -0.2) is 0 Å². The lowest BCUT2D eigenvalue weighted by molar-refractivity contribution is -0.125. The molecule has 1 spiro atoms. The Labute approximate surface area is 154 Å². The van der Waals surface area contributed by atoms with Crippen LogP contribution >= 0.6 is 0 Å². The summed E-state index contributed by atoms with van der Waals surface area (Å²) in [4.78, 5) is 39.3. The third-order valence-electron chi connectivity index (χ3n) is 5.19. The second-order valence-electron chi connectivity index (χ2n) is 6.65. The Bertz CT molecular complexity index is 1020. The number of Topliss-reactive ketones (excluding diaryl/α,β-unsaturated/α-hetero) is 1. The fourth-order valence-electron chi connectivity index (χ4n) is 4.22. The largest absolute Gasteiger partial charge is 0.444 e. The molecule has 0 fully saturated rings. The van der Waals surface area contributed by atoms with E-state index in [9.17, 15) is 19.6 Å². The molecule has 1 aliphatic carbocycles. The lowest BCUT2D eigenvalue weighted by Crippen LogP contribution is -2.50. The molecule has 1 aromatic carbocycles. The van der Waals surface area contributed by atoms with Gasteiger partial charge >= 0.3 is 0 Å². The van der Waals surface area contributed by atoms with Gasteiger partial charge in [-0.1, -0.05) is 18.2 Å². The number of primary amides is 1. The van der Waals surface area contributed by atoms with E-state index >= 15 is 0 Å². The van der Waals surface area contributed by atoms with Gasteiger partial charge in [0.2, 0.25) is 17.7 Å². The van der Waals surface area contributed by atoms with Crippen LogP contribution in [-0.4, -0.2) is 24.1 Å². The number of fused-ring (bicyclic) bond motifs is 3. The van der Waals surface area contributed by atoms with Gasteiger partial charge in [0.25, 0.3) is 0 Å². The first kappa shape index (κ1) is 16.8. The van der Waals surface area contributed by atoms with Crippen LogP contribution < -0.4 is 16.4 Å². The molecule has 0 saturated carbocycles. The Morgan fingerprint density at radius 2 is 2.04 bits per heavy atom. The van der Waals surface area contributed by atoms with Crippen LogP contribution in [-0.2, 0) is 24.5 Å². The van der Waals surface area contributed by atoms with Crippen LogP contribution in [0, 0.1) is 11.3 Å². The lowest BCUT2D eigenvalue weighted by Gasteiger charge is -2.37. The van der Waals surface area contributed by atoms with Crippen molar-refractivity contribution in [1.82, 2.24) is 0 Å². The summed E-state index contributed by atoms with van der Waals surface area (Å²) in [6.07, 6.45) is 1.26. The third-order valence-corrected chi connectivity index (χ3v) is 5.19. The molecule has 0 aromatic heterocycles. The molecule has 8 nitrogen and oxygen atoms in total. The maximum Gasteiger partial charge on any atom is 0.248 e. The van der Waals surface area contributed by atoms with Gasteiger partial charge in [0.1, 0.15) is 29.4 Å². The minimum atomic E-state index is -1.70. The molecule has 0 saturated heterocycles. The zero-order valence-corrected chi connectivity index (χ0v) is 14.3. The standard InChI is InChI=1S/C19H16N4O4/c20-8-11-17(22)27-14-7-3-6-13(24)16(14)19(11)10-4-1-2-5-12(10)23(18(19)26)9-15(21)25/h1-2,4-5H,3,6-7,9,22H2,(H2,21,25)/t19-/m1/s1. The SMILES string of the molecule is N#CC1=C(N)OC2=C(C(=O)CCC2)[C@]12C(=O)N(CC(N)=O)c1ccccc12. The molecule has 136 valence electrons. The molecule has 27 heavy (non-hydrogen) atoms. The van der Waals surface area contributed by atoms with E-state index in [2.05, 4.69) is 0 Å². The highest BCUT2D eigenvalue weighted by Crippen LogP contribution is 2.55. The van der Waals surface area contributed by atoms with Crippen molar-refractivity contribution in [1.29, 1.82) is 5.26 Å². The number of anilines is 1. The molecule has 4 N–H and O–H groups in total. The van der Waals surface area contributed by atoms with Gasteiger partial charge in [0.15, 0.2) is 5.78 Å². The fraction of sp³-hybridized carbons (Fsp3) is 0.263. The van der Waals surface area contributed by atoms with E-state index in [0.717, 1.165) is 0 Å². The van der Waals surface area contributed by atoms with Gasteiger partial charge in [-0.3, -0.25) is 14.4 Å². The Balaban J connectivity index is 2.09. The predicted octanol–water partition coefficient (Wildman–Crippen LogP) is 0.487. The van der Waals surface area contributed by atoms with Crippen LogP contribution in [0.2, 0.25) is 0 Å². The number of para-hydroxylation sites is 1. The number of ketones is 1. The number of hydrogen-bond acceptors (Lipinski definition) is 6. The van der Waals surface area contributed by atoms with Crippen LogP contribution in [0.5, 0.6) is 0 Å². The second kappa shape index (κ2) is 5.71. The average Bonchev–Trinajstić information content (AvgIpc) is 2.85. The van der Waals surface area contributed by atoms with Gasteiger partial charge in [-0.15, -0.1) is 0 Å². The van der Waals surface area contributed by atoms with Gasteiger partial charge in [-0.05, 0) is 12.5 Å². The number of nitrogens with zero attached hydrogens (tertiary/aromatic N) is 2. The molecule has 4 rings (SSSR count). The minimum Gasteiger partial charge on any atom is -0.444 e. The van der Waals surface area contributed by atoms with Crippen molar-refractivity contribution in [2.24, 2.45) is 11.5 Å². The Kier molecular flexibility index (Phi) is 3.56. The number of rotatable bonds is 2. The Hall–Kier alpha value is -3.60. The number of carbonyl (C=O) groups excluding carboxylic acids is 3. The molecule has 8 heteroatoms. The molecule has 2 amide bonds. The summed E-state index contributed by atoms with van der Waals surface area (Å²) in [6.45, 7) is -0.367. The predicted molar refractivity (Wildman–Crippen MR) is 93.5 cm³/mol. The fourth-order valence-corrected chi connectivity index (χ4v) is 4.22. The van der Waals surface area contributed by atoms with E-state index in [1.54, 1.807) is 24.3 Å². The highest BCUT2D eigenvalue weighted by molar-refractivity contribution is 6.21. The molecule has 3 aliphatic rings. The summed E-state index contributed by atoms with van der Waals surface area (Å²) in [7, 11) is 0. The first-order valence-electron chi connectivity index (χ1n) is 8.47. The quantitative estimate of drug-likeness (QED) is 0.782. The Morgan fingerprint density at radius 3 is 2.74 bits per heavy atom. The van der Waals surface area contributed by atoms with Gasteiger partial charge in [0, 0.05) is 24.1 Å². The summed E-state index contributed by atoms with van der Waals surface area (Å²) < 4.78 is 5.56. The zero-order valence-electron chi connectivity index (χ0n) is 14.3. The summed E-state index contributed by atoms with van der Waals surface area (Å²) in [5, 5.41) is 9.81. The van der Waals surface area contributed by atoms with E-state index in [0.29, 0.717) is 29.9 Å². The molecular weight excluding hydrogens is 348 g/mol. The normalized spacial score (nSPS) is 23.9. The zero-order chi connectivity index (χ0) is 19.3. The van der Waals surface area contributed by atoms with Crippen molar-refractivity contribution in [3.63, 3.8) is 0 Å². The second-order valence-corrected chi connectivity index (χ2v) is 6.65. The number of ether oxygens (including phenoxy) is 1. The molecule has 1 aromatic rings. The minimum absolute atomic E-state index is 0.138. The monoisotopic (exact) mass is 364 g/mol. The van der Waals surface area contributed by atoms with E-state index in [4.69, 9.17) is 16.2 Å². The van der Waals surface area contributed by atoms with E-state index < -0.39 is 17.2 Å². The number of nitriles is 1. The average molecular weight is 364 g/mol. The van der Waals surface area contributed by atoms with Gasteiger partial charge < -0.3 is 21.1 Å². The highest BCUT2D eigenvalue weighted by atomic mass is 16.5. The van der Waals surface area contributed by atoms with Crippen molar-refractivity contribution >= 4 is 23.3 Å². The number of allylic oxidation sites excluding steroid dienone is 1. The third kappa shape index (κ3) is 2.05. The van der Waals surface area contributed by atoms with Crippen molar-refractivity contribution in [3.05, 3.63) is 52.6 Å². The van der Waals surface area contributed by atoms with E-state index in [1.165, 1.54) is 4.90 Å². The number of carbonyl (C=O) groups is 3. The van der Waals surface area contributed by atoms with Crippen LogP contribution in [0.15, 0.2) is 47.1 Å². The van der Waals surface area contributed by atoms with Gasteiger partial charge in [-0.2, -0.15) is 5.26 Å². The molecule has 0 radical (unpaired) electrons. The molecule has 2 heterocycles. The molecular formula is C19H16N4O4. The number of benzene rings is 1. The highest BCUT2D eigenvalue weighted by Gasteiger charge is 2.62. The smallest absolute Gasteiger partial charge is 0.248 e. The van der Waals surface area contributed by atoms with Crippen molar-refractivity contribution < 1.29 is 19.1 Å². The maximum absolute atomic E-state index is 13.6. The molecule has 0 bridgehead atoms. The van der Waals surface area contributed by atoms with Crippen LogP contribution in [0.4, 0.5) is 5.69 Å². The van der Waals surface area contributed by atoms with Crippen molar-refractivity contribution in [2.75, 3.05) is 11.4 Å². The van der Waals surface area contributed by atoms with Crippen LogP contribution in [0.1, 0.15) is 24.8 Å². The molecule has 0 unspecified atom stereocenters. The number of nitrogens with two attached hydrogens (primary N) is 2. The molecule has 2 aliphatic heterocycles. The van der Waals surface area contributed by atoms with Gasteiger partial charge in [0.05, 0.1) is 5.57 Å². The maximum atomic E-state index is 13.6. The summed E-state index contributed by atoms with van der Waals surface area (Å²) in [5.74, 6) is -1.45. The van der Waals surface area contributed by atoms with E-state index in [1.807, 2.05) is 6.07 Å².